The van der Waals surface area contributed by atoms with Gasteiger partial charge in [-0.15, -0.1) is 0 Å². The van der Waals surface area contributed by atoms with E-state index in [0.29, 0.717) is 28.2 Å². The summed E-state index contributed by atoms with van der Waals surface area (Å²) in [6.45, 7) is 7.42. The van der Waals surface area contributed by atoms with Crippen molar-refractivity contribution in [3.63, 3.8) is 0 Å². The molecule has 11 heteroatoms. The molecule has 0 saturated carbocycles. The lowest BCUT2D eigenvalue weighted by Crippen LogP contribution is -2.00. The average Bonchev–Trinajstić information content (AvgIpc) is 3.81. The summed E-state index contributed by atoms with van der Waals surface area (Å²) in [5.41, 5.74) is 3.39. The van der Waals surface area contributed by atoms with Crippen molar-refractivity contribution in [2.75, 3.05) is 14.2 Å². The molecule has 228 valence electrons. The Labute approximate surface area is 263 Å². The van der Waals surface area contributed by atoms with E-state index in [2.05, 4.69) is 29.5 Å². The largest absolute Gasteiger partial charge is 0.497 e. The molecule has 0 aliphatic carbocycles. The summed E-state index contributed by atoms with van der Waals surface area (Å²) in [7, 11) is 3.34. The smallest absolute Gasteiger partial charge is 0.231 e. The number of ether oxygens (including phenoxy) is 2. The van der Waals surface area contributed by atoms with Crippen LogP contribution in [0.3, 0.4) is 0 Å². The third-order valence-electron chi connectivity index (χ3n) is 7.07. The Hall–Kier alpha value is -5.35. The van der Waals surface area contributed by atoms with E-state index in [0.717, 1.165) is 56.0 Å². The number of fused-ring (bicyclic) bond motifs is 4. The van der Waals surface area contributed by atoms with Crippen LogP contribution in [0.5, 0.6) is 11.5 Å². The molecule has 1 N–H and O–H groups in total. The van der Waals surface area contributed by atoms with Crippen molar-refractivity contribution >= 4 is 55.6 Å². The molecule has 10 nitrogen and oxygen atoms in total. The fourth-order valence-electron chi connectivity index (χ4n) is 5.01. The van der Waals surface area contributed by atoms with Gasteiger partial charge in [0.05, 0.1) is 30.5 Å². The van der Waals surface area contributed by atoms with Crippen LogP contribution in [0.1, 0.15) is 23.2 Å². The summed E-state index contributed by atoms with van der Waals surface area (Å²) >= 11 is 5.86. The summed E-state index contributed by atoms with van der Waals surface area (Å²) in [5.74, 6) is 5.51. The van der Waals surface area contributed by atoms with Crippen LogP contribution < -0.4 is 9.47 Å². The zero-order chi connectivity index (χ0) is 31.7. The molecule has 0 radical (unpaired) electrons. The fourth-order valence-corrected chi connectivity index (χ4v) is 5.27. The van der Waals surface area contributed by atoms with Gasteiger partial charge >= 0.3 is 0 Å². The van der Waals surface area contributed by atoms with E-state index in [1.54, 1.807) is 21.1 Å². The molecule has 0 unspecified atom stereocenters. The minimum atomic E-state index is 0.453. The van der Waals surface area contributed by atoms with Gasteiger partial charge in [-0.3, -0.25) is 0 Å². The van der Waals surface area contributed by atoms with Gasteiger partial charge < -0.3 is 27.9 Å². The second kappa shape index (κ2) is 12.3. The number of rotatable bonds is 3. The van der Waals surface area contributed by atoms with E-state index in [1.807, 2.05) is 93.8 Å². The molecule has 0 fully saturated rings. The lowest BCUT2D eigenvalue weighted by atomic mass is 10.2. The number of methoxy groups -OCH3 is 2. The first-order valence-electron chi connectivity index (χ1n) is 14.1. The normalized spacial score (nSPS) is 11.0. The van der Waals surface area contributed by atoms with E-state index < -0.39 is 0 Å². The number of nitrogens with one attached hydrogen (secondary N) is 1. The van der Waals surface area contributed by atoms with Crippen LogP contribution in [-0.4, -0.2) is 43.7 Å². The molecule has 0 aliphatic rings. The fraction of sp³-hybridized carbons (Fsp3) is 0.176. The maximum atomic E-state index is 5.86. The minimum absolute atomic E-state index is 0.453. The van der Waals surface area contributed by atoms with E-state index in [4.69, 9.17) is 29.9 Å². The van der Waals surface area contributed by atoms with E-state index in [1.165, 1.54) is 5.39 Å². The maximum Gasteiger partial charge on any atom is 0.231 e. The number of furan rings is 2. The van der Waals surface area contributed by atoms with Crippen molar-refractivity contribution in [3.05, 3.63) is 101 Å². The van der Waals surface area contributed by atoms with Gasteiger partial charge in [-0.05, 0) is 88.4 Å². The second-order valence-electron chi connectivity index (χ2n) is 10.3. The molecule has 0 aliphatic heterocycles. The van der Waals surface area contributed by atoms with Gasteiger partial charge in [0.15, 0.2) is 5.82 Å². The number of hydrogen-bond acceptors (Lipinski definition) is 8. The molecule has 0 bridgehead atoms. The number of benzene rings is 2. The van der Waals surface area contributed by atoms with Crippen molar-refractivity contribution in [1.82, 2.24) is 29.5 Å². The molecule has 45 heavy (non-hydrogen) atoms. The maximum absolute atomic E-state index is 5.86. The van der Waals surface area contributed by atoms with Crippen LogP contribution >= 0.6 is 11.6 Å². The van der Waals surface area contributed by atoms with Crippen molar-refractivity contribution in [3.8, 4) is 17.3 Å². The first kappa shape index (κ1) is 29.7. The highest BCUT2D eigenvalue weighted by Crippen LogP contribution is 2.29. The Kier molecular flexibility index (Phi) is 8.14. The summed E-state index contributed by atoms with van der Waals surface area (Å²) in [6.07, 6.45) is 3.93. The zero-order valence-corrected chi connectivity index (χ0v) is 26.4. The summed E-state index contributed by atoms with van der Waals surface area (Å²) in [5, 5.41) is 4.43. The predicted octanol–water partition coefficient (Wildman–Crippen LogP) is 8.46. The number of aryl methyl sites for hydroxylation is 4. The average molecular weight is 623 g/mol. The second-order valence-corrected chi connectivity index (χ2v) is 10.7. The highest BCUT2D eigenvalue weighted by Gasteiger charge is 2.14. The quantitative estimate of drug-likeness (QED) is 0.195. The number of nitrogens with zero attached hydrogens (tertiary/aromatic N) is 5. The molecule has 0 spiro atoms. The Bertz CT molecular complexity index is 2280. The van der Waals surface area contributed by atoms with Gasteiger partial charge in [0.1, 0.15) is 39.8 Å². The first-order chi connectivity index (χ1) is 21.7. The summed E-state index contributed by atoms with van der Waals surface area (Å²) in [6, 6.07) is 19.8. The highest BCUT2D eigenvalue weighted by molar-refractivity contribution is 6.33. The van der Waals surface area contributed by atoms with Crippen molar-refractivity contribution < 1.29 is 18.3 Å². The number of aromatic amines is 1. The molecular weight excluding hydrogens is 592 g/mol. The van der Waals surface area contributed by atoms with Gasteiger partial charge in [0.25, 0.3) is 0 Å². The number of hydrogen-bond donors (Lipinski definition) is 1. The molecule has 0 atom stereocenters. The Morgan fingerprint density at radius 1 is 0.689 bits per heavy atom. The molecule has 8 rings (SSSR count). The zero-order valence-electron chi connectivity index (χ0n) is 25.7. The Balaban J connectivity index is 0.000000131. The van der Waals surface area contributed by atoms with Crippen LogP contribution in [0.4, 0.5) is 0 Å². The number of halogens is 1. The molecule has 0 saturated heterocycles. The van der Waals surface area contributed by atoms with Crippen LogP contribution in [0, 0.1) is 27.7 Å². The number of H-pyrrole nitrogens is 1. The highest BCUT2D eigenvalue weighted by atomic mass is 35.5. The Morgan fingerprint density at radius 3 is 2.02 bits per heavy atom. The molecule has 0 amide bonds. The Morgan fingerprint density at radius 2 is 1.31 bits per heavy atom. The third-order valence-corrected chi connectivity index (χ3v) is 7.36. The van der Waals surface area contributed by atoms with Gasteiger partial charge in [-0.25, -0.2) is 9.97 Å². The summed E-state index contributed by atoms with van der Waals surface area (Å²) in [4.78, 5) is 20.2. The van der Waals surface area contributed by atoms with Crippen LogP contribution in [0.15, 0.2) is 81.9 Å². The molecular formula is C34H31ClN6O4. The minimum Gasteiger partial charge on any atom is -0.497 e. The van der Waals surface area contributed by atoms with Gasteiger partial charge in [-0.1, -0.05) is 11.6 Å². The first-order valence-corrected chi connectivity index (χ1v) is 14.5. The van der Waals surface area contributed by atoms with Crippen molar-refractivity contribution in [2.45, 2.75) is 27.7 Å². The van der Waals surface area contributed by atoms with Gasteiger partial charge in [0.2, 0.25) is 11.4 Å². The van der Waals surface area contributed by atoms with E-state index in [-0.39, 0.29) is 0 Å². The molecule has 6 aromatic heterocycles. The SMILES string of the molecule is COc1ccc2[nH]ccc2c1.COc1ccc2c(ccn2-c2nc(C)nc3oc(C)cc23)c1.Cc1nc(Cl)c2cc(C)oc2n1. The third kappa shape index (κ3) is 6.18. The van der Waals surface area contributed by atoms with E-state index in [9.17, 15) is 0 Å². The predicted molar refractivity (Wildman–Crippen MR) is 176 cm³/mol. The topological polar surface area (TPSA) is 117 Å². The lowest BCUT2D eigenvalue weighted by molar-refractivity contribution is 0.415. The van der Waals surface area contributed by atoms with Crippen molar-refractivity contribution in [2.24, 2.45) is 0 Å². The molecule has 6 heterocycles. The van der Waals surface area contributed by atoms with Gasteiger partial charge in [0, 0.05) is 28.7 Å². The number of aromatic nitrogens is 6. The van der Waals surface area contributed by atoms with Crippen LogP contribution in [-0.2, 0) is 0 Å². The van der Waals surface area contributed by atoms with Crippen LogP contribution in [0.25, 0.3) is 49.8 Å². The van der Waals surface area contributed by atoms with Gasteiger partial charge in [-0.2, -0.15) is 9.97 Å². The van der Waals surface area contributed by atoms with E-state index >= 15 is 0 Å². The lowest BCUT2D eigenvalue weighted by Gasteiger charge is -2.07. The van der Waals surface area contributed by atoms with Crippen molar-refractivity contribution in [1.29, 1.82) is 0 Å². The molecule has 8 aromatic rings. The monoisotopic (exact) mass is 622 g/mol. The summed E-state index contributed by atoms with van der Waals surface area (Å²) < 4.78 is 23.4. The molecule has 2 aromatic carbocycles. The van der Waals surface area contributed by atoms with Crippen LogP contribution in [0.2, 0.25) is 5.15 Å². The standard InChI is InChI=1S/C17H15N3O2.C9H9NO.C8H7ClN2O/c1-10-8-14-16(18-11(2)19-17(14)22-10)20-7-6-12-9-13(21-3)4-5-15(12)20;1-11-8-2-3-9-7(6-8)4-5-10-9;1-4-3-6-7(9)10-5(2)11-8(6)12-4/h4-9H,1-3H3;2-6,10H,1H3;3H,1-2H3.